The summed E-state index contributed by atoms with van der Waals surface area (Å²) in [5.74, 6) is -1.11. The maximum atomic E-state index is 11.8. The van der Waals surface area contributed by atoms with Gasteiger partial charge in [-0.2, -0.15) is 13.2 Å². The van der Waals surface area contributed by atoms with Crippen LogP contribution in [-0.4, -0.2) is 23.6 Å². The average Bonchev–Trinajstić information content (AvgIpc) is 2.09. The lowest BCUT2D eigenvalue weighted by Gasteiger charge is -2.18. The fraction of sp³-hybridized carbons (Fsp3) is 0.800. The molecule has 1 atom stereocenters. The van der Waals surface area contributed by atoms with E-state index < -0.39 is 24.4 Å². The zero-order valence-corrected chi connectivity index (χ0v) is 10.6. The first-order valence-corrected chi connectivity index (χ1v) is 5.69. The Bertz CT molecular complexity index is 279. The number of nitrogens with one attached hydrogen (secondary N) is 1. The molecule has 1 unspecified atom stereocenters. The molecule has 0 heterocycles. The Morgan fingerprint density at radius 3 is 2.29 bits per heavy atom. The van der Waals surface area contributed by atoms with Crippen LogP contribution in [0.15, 0.2) is 0 Å². The van der Waals surface area contributed by atoms with Crippen LogP contribution in [0, 0.1) is 11.8 Å². The van der Waals surface area contributed by atoms with Gasteiger partial charge in [0.2, 0.25) is 5.91 Å². The quantitative estimate of drug-likeness (QED) is 0.573. The number of rotatable bonds is 6. The third-order valence-electron chi connectivity index (χ3n) is 2.19. The van der Waals surface area contributed by atoms with Gasteiger partial charge in [-0.1, -0.05) is 26.1 Å². The van der Waals surface area contributed by atoms with E-state index in [1.807, 2.05) is 0 Å². The molecule has 0 aliphatic heterocycles. The molecule has 3 N–H and O–H groups in total. The molecule has 0 bridgehead atoms. The second-order valence-electron chi connectivity index (χ2n) is 4.13. The van der Waals surface area contributed by atoms with Gasteiger partial charge < -0.3 is 11.1 Å². The zero-order valence-electron chi connectivity index (χ0n) is 9.80. The Kier molecular flexibility index (Phi) is 6.44. The van der Waals surface area contributed by atoms with Crippen molar-refractivity contribution < 1.29 is 18.0 Å². The van der Waals surface area contributed by atoms with Gasteiger partial charge in [0.1, 0.15) is 0 Å². The standard InChI is InChI=1S/C10H17F3N2OS/c1-6(2)7(8(14)17)9(16)15-5-3-4-10(11,12)13/h6-7H,3-5H2,1-2H3,(H2,14,17)(H,15,16). The predicted octanol–water partition coefficient (Wildman–Crippen LogP) is 2.00. The van der Waals surface area contributed by atoms with Crippen molar-refractivity contribution in [1.29, 1.82) is 0 Å². The smallest absolute Gasteiger partial charge is 0.389 e. The van der Waals surface area contributed by atoms with E-state index in [2.05, 4.69) is 5.32 Å². The first kappa shape index (κ1) is 16.1. The molecule has 0 aliphatic carbocycles. The van der Waals surface area contributed by atoms with Gasteiger partial charge in [0.15, 0.2) is 0 Å². The molecule has 0 aromatic heterocycles. The molecule has 0 fully saturated rings. The number of thiocarbonyl (C=S) groups is 1. The van der Waals surface area contributed by atoms with Crippen molar-refractivity contribution in [3.05, 3.63) is 0 Å². The van der Waals surface area contributed by atoms with E-state index in [9.17, 15) is 18.0 Å². The third-order valence-corrected chi connectivity index (χ3v) is 2.45. The number of amides is 1. The molecular formula is C10H17F3N2OS. The van der Waals surface area contributed by atoms with Crippen molar-refractivity contribution in [3.63, 3.8) is 0 Å². The molecule has 0 aromatic rings. The highest BCUT2D eigenvalue weighted by atomic mass is 32.1. The van der Waals surface area contributed by atoms with Gasteiger partial charge >= 0.3 is 6.18 Å². The Morgan fingerprint density at radius 2 is 1.94 bits per heavy atom. The van der Waals surface area contributed by atoms with Crippen molar-refractivity contribution in [2.75, 3.05) is 6.54 Å². The van der Waals surface area contributed by atoms with Crippen molar-refractivity contribution in [2.24, 2.45) is 17.6 Å². The molecule has 1 amide bonds. The van der Waals surface area contributed by atoms with Crippen molar-refractivity contribution in [3.8, 4) is 0 Å². The Labute approximate surface area is 104 Å². The molecule has 0 saturated heterocycles. The second kappa shape index (κ2) is 6.78. The summed E-state index contributed by atoms with van der Waals surface area (Å²) >= 11 is 4.74. The maximum Gasteiger partial charge on any atom is 0.389 e. The molecule has 0 saturated carbocycles. The average molecular weight is 270 g/mol. The summed E-state index contributed by atoms with van der Waals surface area (Å²) in [4.78, 5) is 11.7. The van der Waals surface area contributed by atoms with Crippen LogP contribution >= 0.6 is 12.2 Å². The minimum absolute atomic E-state index is 0.0236. The molecule has 0 aromatic carbocycles. The fourth-order valence-electron chi connectivity index (χ4n) is 1.37. The SMILES string of the molecule is CC(C)C(C(=O)NCCCC(F)(F)F)C(N)=S. The van der Waals surface area contributed by atoms with Crippen LogP contribution in [0.25, 0.3) is 0 Å². The topological polar surface area (TPSA) is 55.1 Å². The monoisotopic (exact) mass is 270 g/mol. The number of carbonyl (C=O) groups is 1. The molecule has 3 nitrogen and oxygen atoms in total. The largest absolute Gasteiger partial charge is 0.393 e. The van der Waals surface area contributed by atoms with Gasteiger partial charge in [0.25, 0.3) is 0 Å². The summed E-state index contributed by atoms with van der Waals surface area (Å²) in [6, 6.07) is 0. The van der Waals surface area contributed by atoms with Crippen LogP contribution in [-0.2, 0) is 4.79 Å². The van der Waals surface area contributed by atoms with Gasteiger partial charge in [-0.15, -0.1) is 0 Å². The lowest BCUT2D eigenvalue weighted by atomic mass is 9.95. The highest BCUT2D eigenvalue weighted by Gasteiger charge is 2.27. The van der Waals surface area contributed by atoms with Crippen LogP contribution in [0.4, 0.5) is 13.2 Å². The summed E-state index contributed by atoms with van der Waals surface area (Å²) in [5.41, 5.74) is 5.40. The van der Waals surface area contributed by atoms with Crippen LogP contribution in [0.2, 0.25) is 0 Å². The predicted molar refractivity (Wildman–Crippen MR) is 63.4 cm³/mol. The number of carbonyl (C=O) groups excluding carboxylic acids is 1. The minimum Gasteiger partial charge on any atom is -0.393 e. The highest BCUT2D eigenvalue weighted by Crippen LogP contribution is 2.20. The van der Waals surface area contributed by atoms with Crippen molar-refractivity contribution in [1.82, 2.24) is 5.32 Å². The summed E-state index contributed by atoms with van der Waals surface area (Å²) in [5, 5.41) is 2.41. The Hall–Kier alpha value is -0.850. The van der Waals surface area contributed by atoms with Crippen molar-refractivity contribution >= 4 is 23.1 Å². The Morgan fingerprint density at radius 1 is 1.41 bits per heavy atom. The summed E-state index contributed by atoms with van der Waals surface area (Å²) in [6.07, 6.45) is -5.24. The molecule has 7 heteroatoms. The Balaban J connectivity index is 4.04. The van der Waals surface area contributed by atoms with E-state index in [4.69, 9.17) is 18.0 Å². The van der Waals surface area contributed by atoms with E-state index in [0.717, 1.165) is 0 Å². The number of nitrogens with two attached hydrogens (primary N) is 1. The van der Waals surface area contributed by atoms with E-state index >= 15 is 0 Å². The fourth-order valence-corrected chi connectivity index (χ4v) is 1.75. The number of hydrogen-bond acceptors (Lipinski definition) is 2. The molecule has 0 aliphatic rings. The van der Waals surface area contributed by atoms with Gasteiger partial charge in [-0.25, -0.2) is 0 Å². The van der Waals surface area contributed by atoms with E-state index in [1.54, 1.807) is 13.8 Å². The summed E-state index contributed by atoms with van der Waals surface area (Å²) in [7, 11) is 0. The van der Waals surface area contributed by atoms with Crippen LogP contribution in [0.1, 0.15) is 26.7 Å². The summed E-state index contributed by atoms with van der Waals surface area (Å²) in [6.45, 7) is 3.53. The first-order valence-electron chi connectivity index (χ1n) is 5.29. The molecule has 100 valence electrons. The highest BCUT2D eigenvalue weighted by molar-refractivity contribution is 7.80. The number of alkyl halides is 3. The van der Waals surface area contributed by atoms with Crippen LogP contribution < -0.4 is 11.1 Å². The van der Waals surface area contributed by atoms with Gasteiger partial charge in [0, 0.05) is 13.0 Å². The maximum absolute atomic E-state index is 11.8. The first-order chi connectivity index (χ1) is 7.65. The normalized spacial score (nSPS) is 13.5. The summed E-state index contributed by atoms with van der Waals surface area (Å²) < 4.78 is 35.5. The lowest BCUT2D eigenvalue weighted by Crippen LogP contribution is -2.41. The lowest BCUT2D eigenvalue weighted by molar-refractivity contribution is -0.136. The van der Waals surface area contributed by atoms with Gasteiger partial charge in [0.05, 0.1) is 10.9 Å². The third kappa shape index (κ3) is 7.14. The second-order valence-corrected chi connectivity index (χ2v) is 4.61. The molecule has 0 rings (SSSR count). The minimum atomic E-state index is -4.19. The molecule has 0 spiro atoms. The van der Waals surface area contributed by atoms with Crippen LogP contribution in [0.5, 0.6) is 0 Å². The molecule has 17 heavy (non-hydrogen) atoms. The van der Waals surface area contributed by atoms with Crippen molar-refractivity contribution in [2.45, 2.75) is 32.9 Å². The zero-order chi connectivity index (χ0) is 13.6. The molecular weight excluding hydrogens is 253 g/mol. The van der Waals surface area contributed by atoms with E-state index in [1.165, 1.54) is 0 Å². The van der Waals surface area contributed by atoms with E-state index in [-0.39, 0.29) is 23.9 Å². The van der Waals surface area contributed by atoms with Gasteiger partial charge in [-0.3, -0.25) is 4.79 Å². The molecule has 0 radical (unpaired) electrons. The van der Waals surface area contributed by atoms with Crippen LogP contribution in [0.3, 0.4) is 0 Å². The van der Waals surface area contributed by atoms with Gasteiger partial charge in [-0.05, 0) is 12.3 Å². The van der Waals surface area contributed by atoms with E-state index in [0.29, 0.717) is 0 Å². The number of halogens is 3. The number of hydrogen-bond donors (Lipinski definition) is 2.